The fraction of sp³-hybridized carbons (Fsp3) is 0.304. The zero-order valence-electron chi connectivity index (χ0n) is 16.3. The van der Waals surface area contributed by atoms with Gasteiger partial charge >= 0.3 is 0 Å². The Labute approximate surface area is 170 Å². The summed E-state index contributed by atoms with van der Waals surface area (Å²) in [6.07, 6.45) is 2.74. The zero-order chi connectivity index (χ0) is 20.1. The molecule has 6 nitrogen and oxygen atoms in total. The second-order valence-electron chi connectivity index (χ2n) is 7.48. The molecule has 2 heterocycles. The van der Waals surface area contributed by atoms with E-state index < -0.39 is 0 Å². The number of fused-ring (bicyclic) bond motifs is 1. The first-order valence-corrected chi connectivity index (χ1v) is 10.1. The summed E-state index contributed by atoms with van der Waals surface area (Å²) in [5.74, 6) is -0.814. The lowest BCUT2D eigenvalue weighted by atomic mass is 9.94. The van der Waals surface area contributed by atoms with E-state index in [0.29, 0.717) is 26.2 Å². The Bertz CT molecular complexity index is 983. The standard InChI is InChI=1S/C23H26N4O2/c28-22(25-11-10-17-13-26-21-9-5-4-8-18(17)21)19-14-24-15-20(19)23(29)27-12-16-6-2-1-3-7-16/h1-9,13,19-20,24,26H,10-12,14-15H2,(H,25,28)(H,27,29)/t19-,20+/m1/s1. The van der Waals surface area contributed by atoms with E-state index in [1.807, 2.05) is 54.7 Å². The van der Waals surface area contributed by atoms with Crippen LogP contribution in [0.5, 0.6) is 0 Å². The number of para-hydroxylation sites is 1. The molecule has 0 spiro atoms. The molecular formula is C23H26N4O2. The van der Waals surface area contributed by atoms with Crippen LogP contribution in [0.1, 0.15) is 11.1 Å². The number of carbonyl (C=O) groups excluding carboxylic acids is 2. The maximum Gasteiger partial charge on any atom is 0.225 e. The Morgan fingerprint density at radius 1 is 0.897 bits per heavy atom. The second kappa shape index (κ2) is 8.92. The van der Waals surface area contributed by atoms with Crippen LogP contribution in [-0.2, 0) is 22.6 Å². The summed E-state index contributed by atoms with van der Waals surface area (Å²) in [7, 11) is 0. The first kappa shape index (κ1) is 19.2. The van der Waals surface area contributed by atoms with Crippen molar-refractivity contribution < 1.29 is 9.59 Å². The van der Waals surface area contributed by atoms with Crippen LogP contribution in [0.15, 0.2) is 60.8 Å². The number of H-pyrrole nitrogens is 1. The van der Waals surface area contributed by atoms with Gasteiger partial charge in [0.05, 0.1) is 11.8 Å². The Kier molecular flexibility index (Phi) is 5.91. The molecule has 1 fully saturated rings. The molecule has 2 atom stereocenters. The third kappa shape index (κ3) is 4.49. The normalized spacial score (nSPS) is 18.6. The Morgan fingerprint density at radius 3 is 2.38 bits per heavy atom. The van der Waals surface area contributed by atoms with Crippen molar-refractivity contribution in [2.45, 2.75) is 13.0 Å². The lowest BCUT2D eigenvalue weighted by Crippen LogP contribution is -2.41. The van der Waals surface area contributed by atoms with Gasteiger partial charge in [0.1, 0.15) is 0 Å². The number of rotatable bonds is 7. The van der Waals surface area contributed by atoms with Crippen molar-refractivity contribution >= 4 is 22.7 Å². The molecule has 1 aromatic heterocycles. The van der Waals surface area contributed by atoms with Gasteiger partial charge in [-0.25, -0.2) is 0 Å². The van der Waals surface area contributed by atoms with Crippen molar-refractivity contribution in [1.82, 2.24) is 20.9 Å². The fourth-order valence-corrected chi connectivity index (χ4v) is 3.94. The van der Waals surface area contributed by atoms with Gasteiger partial charge < -0.3 is 20.9 Å². The molecular weight excluding hydrogens is 364 g/mol. The van der Waals surface area contributed by atoms with Crippen LogP contribution in [0.3, 0.4) is 0 Å². The van der Waals surface area contributed by atoms with Gasteiger partial charge in [0.15, 0.2) is 0 Å². The average Bonchev–Trinajstić information content (AvgIpc) is 3.40. The molecule has 0 bridgehead atoms. The topological polar surface area (TPSA) is 86.0 Å². The maximum absolute atomic E-state index is 12.7. The summed E-state index contributed by atoms with van der Waals surface area (Å²) in [6, 6.07) is 17.9. The number of benzene rings is 2. The minimum atomic E-state index is -0.341. The van der Waals surface area contributed by atoms with Crippen molar-refractivity contribution in [3.8, 4) is 0 Å². The summed E-state index contributed by atoms with van der Waals surface area (Å²) >= 11 is 0. The Morgan fingerprint density at radius 2 is 1.59 bits per heavy atom. The first-order valence-electron chi connectivity index (χ1n) is 10.1. The summed E-state index contributed by atoms with van der Waals surface area (Å²) in [5, 5.41) is 10.3. The van der Waals surface area contributed by atoms with Crippen LogP contribution in [0.25, 0.3) is 10.9 Å². The molecule has 3 aromatic rings. The van der Waals surface area contributed by atoms with Crippen LogP contribution in [-0.4, -0.2) is 36.4 Å². The first-order chi connectivity index (χ1) is 14.2. The van der Waals surface area contributed by atoms with E-state index >= 15 is 0 Å². The lowest BCUT2D eigenvalue weighted by Gasteiger charge is -2.18. The molecule has 150 valence electrons. The van der Waals surface area contributed by atoms with Gasteiger partial charge in [-0.1, -0.05) is 48.5 Å². The third-order valence-electron chi connectivity index (χ3n) is 5.57. The van der Waals surface area contributed by atoms with Gasteiger partial charge in [0.2, 0.25) is 11.8 Å². The van der Waals surface area contributed by atoms with E-state index in [0.717, 1.165) is 17.5 Å². The van der Waals surface area contributed by atoms with E-state index in [9.17, 15) is 9.59 Å². The third-order valence-corrected chi connectivity index (χ3v) is 5.57. The molecule has 1 aliphatic heterocycles. The summed E-state index contributed by atoms with van der Waals surface area (Å²) in [4.78, 5) is 28.5. The number of hydrogen-bond acceptors (Lipinski definition) is 3. The highest BCUT2D eigenvalue weighted by Crippen LogP contribution is 2.19. The molecule has 2 aromatic carbocycles. The molecule has 0 radical (unpaired) electrons. The van der Waals surface area contributed by atoms with Crippen LogP contribution in [0.2, 0.25) is 0 Å². The lowest BCUT2D eigenvalue weighted by molar-refractivity contribution is -0.133. The van der Waals surface area contributed by atoms with Crippen molar-refractivity contribution in [3.63, 3.8) is 0 Å². The van der Waals surface area contributed by atoms with Gasteiger partial charge in [-0.2, -0.15) is 0 Å². The van der Waals surface area contributed by atoms with Crippen molar-refractivity contribution in [3.05, 3.63) is 71.9 Å². The molecule has 2 amide bonds. The average molecular weight is 390 g/mol. The van der Waals surface area contributed by atoms with Crippen molar-refractivity contribution in [2.75, 3.05) is 19.6 Å². The predicted molar refractivity (Wildman–Crippen MR) is 113 cm³/mol. The van der Waals surface area contributed by atoms with Crippen molar-refractivity contribution in [1.29, 1.82) is 0 Å². The SMILES string of the molecule is O=C(NCc1ccccc1)[C@H]1CNC[C@H]1C(=O)NCCc1c[nH]c2ccccc12. The van der Waals surface area contributed by atoms with E-state index in [1.165, 1.54) is 10.9 Å². The zero-order valence-corrected chi connectivity index (χ0v) is 16.3. The number of carbonyl (C=O) groups is 2. The Hall–Kier alpha value is -3.12. The van der Waals surface area contributed by atoms with Gasteiger partial charge in [0, 0.05) is 43.3 Å². The van der Waals surface area contributed by atoms with Crippen molar-refractivity contribution in [2.24, 2.45) is 11.8 Å². The Balaban J connectivity index is 1.28. The van der Waals surface area contributed by atoms with E-state index in [-0.39, 0.29) is 23.7 Å². The minimum absolute atomic E-state index is 0.0605. The number of nitrogens with one attached hydrogen (secondary N) is 4. The molecule has 1 aliphatic rings. The smallest absolute Gasteiger partial charge is 0.225 e. The molecule has 0 saturated carbocycles. The summed E-state index contributed by atoms with van der Waals surface area (Å²) in [6.45, 7) is 2.09. The van der Waals surface area contributed by atoms with Gasteiger partial charge in [-0.05, 0) is 23.6 Å². The highest BCUT2D eigenvalue weighted by molar-refractivity contribution is 5.89. The van der Waals surface area contributed by atoms with Crippen LogP contribution in [0, 0.1) is 11.8 Å². The van der Waals surface area contributed by atoms with Crippen LogP contribution in [0.4, 0.5) is 0 Å². The number of amides is 2. The second-order valence-corrected chi connectivity index (χ2v) is 7.48. The van der Waals surface area contributed by atoms with E-state index in [4.69, 9.17) is 0 Å². The molecule has 0 aliphatic carbocycles. The molecule has 29 heavy (non-hydrogen) atoms. The van der Waals surface area contributed by atoms with E-state index in [2.05, 4.69) is 27.0 Å². The van der Waals surface area contributed by atoms with Crippen LogP contribution >= 0.6 is 0 Å². The van der Waals surface area contributed by atoms with E-state index in [1.54, 1.807) is 0 Å². The highest BCUT2D eigenvalue weighted by atomic mass is 16.2. The summed E-state index contributed by atoms with van der Waals surface area (Å²) in [5.41, 5.74) is 3.33. The molecule has 0 unspecified atom stereocenters. The molecule has 6 heteroatoms. The molecule has 4 N–H and O–H groups in total. The van der Waals surface area contributed by atoms with Crippen LogP contribution < -0.4 is 16.0 Å². The van der Waals surface area contributed by atoms with Gasteiger partial charge in [0.25, 0.3) is 0 Å². The quantitative estimate of drug-likeness (QED) is 0.498. The number of aromatic amines is 1. The molecule has 4 rings (SSSR count). The number of hydrogen-bond donors (Lipinski definition) is 4. The monoisotopic (exact) mass is 390 g/mol. The van der Waals surface area contributed by atoms with Gasteiger partial charge in [-0.15, -0.1) is 0 Å². The number of aromatic nitrogens is 1. The fourth-order valence-electron chi connectivity index (χ4n) is 3.94. The largest absolute Gasteiger partial charge is 0.361 e. The summed E-state index contributed by atoms with van der Waals surface area (Å²) < 4.78 is 0. The molecule has 1 saturated heterocycles. The predicted octanol–water partition coefficient (Wildman–Crippen LogP) is 1.98. The maximum atomic E-state index is 12.7. The van der Waals surface area contributed by atoms with Gasteiger partial charge in [-0.3, -0.25) is 9.59 Å². The minimum Gasteiger partial charge on any atom is -0.361 e. The highest BCUT2D eigenvalue weighted by Gasteiger charge is 2.37.